The average molecular weight is 255 g/mol. The molecule has 94 valence electrons. The van der Waals surface area contributed by atoms with Crippen LogP contribution in [0.3, 0.4) is 0 Å². The highest BCUT2D eigenvalue weighted by Gasteiger charge is 2.28. The summed E-state index contributed by atoms with van der Waals surface area (Å²) in [6.45, 7) is 0.877. The van der Waals surface area contributed by atoms with Crippen LogP contribution in [0.4, 0.5) is 0 Å². The van der Waals surface area contributed by atoms with Gasteiger partial charge in [0.1, 0.15) is 5.82 Å². The predicted molar refractivity (Wildman–Crippen MR) is 67.4 cm³/mol. The van der Waals surface area contributed by atoms with E-state index in [1.54, 1.807) is 0 Å². The molecule has 1 unspecified atom stereocenters. The molecular weight excluding hydrogens is 236 g/mol. The van der Waals surface area contributed by atoms with Crippen molar-refractivity contribution >= 4 is 11.6 Å². The normalized spacial score (nSPS) is 25.9. The number of imidazole rings is 1. The van der Waals surface area contributed by atoms with E-state index in [4.69, 9.17) is 11.6 Å². The van der Waals surface area contributed by atoms with Gasteiger partial charge < -0.3 is 9.67 Å². The van der Waals surface area contributed by atoms with E-state index in [2.05, 4.69) is 9.55 Å². The molecule has 1 aliphatic heterocycles. The first-order valence-corrected chi connectivity index (χ1v) is 7.06. The van der Waals surface area contributed by atoms with Crippen molar-refractivity contribution in [1.82, 2.24) is 9.55 Å². The Morgan fingerprint density at radius 2 is 1.94 bits per heavy atom. The molecule has 3 nitrogen and oxygen atoms in total. The fourth-order valence-electron chi connectivity index (χ4n) is 3.19. The topological polar surface area (TPSA) is 38.0 Å². The first kappa shape index (κ1) is 11.5. The van der Waals surface area contributed by atoms with Gasteiger partial charge in [-0.15, -0.1) is 0 Å². The third kappa shape index (κ3) is 2.11. The van der Waals surface area contributed by atoms with E-state index in [1.807, 2.05) is 0 Å². The lowest BCUT2D eigenvalue weighted by atomic mass is 9.88. The van der Waals surface area contributed by atoms with E-state index in [9.17, 15) is 5.11 Å². The van der Waals surface area contributed by atoms with Gasteiger partial charge >= 0.3 is 0 Å². The Bertz CT molecular complexity index is 410. The van der Waals surface area contributed by atoms with E-state index in [-0.39, 0.29) is 6.10 Å². The first-order chi connectivity index (χ1) is 8.25. The van der Waals surface area contributed by atoms with E-state index in [0.717, 1.165) is 18.7 Å². The van der Waals surface area contributed by atoms with Crippen LogP contribution < -0.4 is 0 Å². The Morgan fingerprint density at radius 1 is 1.18 bits per heavy atom. The molecule has 1 aromatic rings. The van der Waals surface area contributed by atoms with Crippen LogP contribution in [0.25, 0.3) is 0 Å². The van der Waals surface area contributed by atoms with Gasteiger partial charge in [0.25, 0.3) is 0 Å². The molecule has 2 aliphatic rings. The molecule has 0 aromatic carbocycles. The lowest BCUT2D eigenvalue weighted by molar-refractivity contribution is 0.142. The zero-order valence-electron chi connectivity index (χ0n) is 10.0. The molecule has 1 atom stereocenters. The number of nitrogens with zero attached hydrogens (tertiary/aromatic N) is 2. The summed E-state index contributed by atoms with van der Waals surface area (Å²) < 4.78 is 2.27. The van der Waals surface area contributed by atoms with Crippen LogP contribution in [0.2, 0.25) is 5.15 Å². The third-order valence-electron chi connectivity index (χ3n) is 4.14. The zero-order chi connectivity index (χ0) is 11.8. The van der Waals surface area contributed by atoms with Gasteiger partial charge in [-0.1, -0.05) is 30.9 Å². The van der Waals surface area contributed by atoms with Crippen LogP contribution in [-0.2, 0) is 13.0 Å². The highest BCUT2D eigenvalue weighted by atomic mass is 35.5. The molecule has 1 saturated carbocycles. The Labute approximate surface area is 107 Å². The number of halogens is 1. The highest BCUT2D eigenvalue weighted by Crippen LogP contribution is 2.35. The zero-order valence-corrected chi connectivity index (χ0v) is 10.8. The Hall–Kier alpha value is -0.540. The van der Waals surface area contributed by atoms with Crippen molar-refractivity contribution in [1.29, 1.82) is 0 Å². The number of aliphatic hydroxyl groups excluding tert-OH is 1. The molecule has 2 heterocycles. The molecule has 0 radical (unpaired) electrons. The molecule has 0 spiro atoms. The van der Waals surface area contributed by atoms with Crippen LogP contribution in [0.15, 0.2) is 0 Å². The van der Waals surface area contributed by atoms with Crippen LogP contribution >= 0.6 is 11.6 Å². The standard InChI is InChI=1S/C13H19ClN2O/c14-12-11-8-10(17)6-7-16(11)13(15-12)9-4-2-1-3-5-9/h9-10,17H,1-8H2. The largest absolute Gasteiger partial charge is 0.393 e. The van der Waals surface area contributed by atoms with Gasteiger partial charge in [-0.25, -0.2) is 4.98 Å². The minimum absolute atomic E-state index is 0.240. The number of aliphatic hydroxyl groups is 1. The summed E-state index contributed by atoms with van der Waals surface area (Å²) in [5, 5.41) is 10.3. The molecule has 1 aromatic heterocycles. The summed E-state index contributed by atoms with van der Waals surface area (Å²) in [6.07, 6.45) is 7.73. The lowest BCUT2D eigenvalue weighted by Gasteiger charge is -2.26. The second-order valence-electron chi connectivity index (χ2n) is 5.34. The van der Waals surface area contributed by atoms with Crippen LogP contribution in [0.1, 0.15) is 56.0 Å². The minimum Gasteiger partial charge on any atom is -0.393 e. The third-order valence-corrected chi connectivity index (χ3v) is 4.44. The van der Waals surface area contributed by atoms with Gasteiger partial charge in [0.15, 0.2) is 5.15 Å². The first-order valence-electron chi connectivity index (χ1n) is 6.68. The summed E-state index contributed by atoms with van der Waals surface area (Å²) in [6, 6.07) is 0. The van der Waals surface area contributed by atoms with E-state index in [0.29, 0.717) is 17.5 Å². The SMILES string of the molecule is OC1CCn2c(C3CCCCC3)nc(Cl)c2C1. The van der Waals surface area contributed by atoms with Gasteiger partial charge in [-0.05, 0) is 19.3 Å². The van der Waals surface area contributed by atoms with Crippen LogP contribution in [0, 0.1) is 0 Å². The van der Waals surface area contributed by atoms with E-state index >= 15 is 0 Å². The number of fused-ring (bicyclic) bond motifs is 1. The number of hydrogen-bond acceptors (Lipinski definition) is 2. The smallest absolute Gasteiger partial charge is 0.150 e. The summed E-state index contributed by atoms with van der Waals surface area (Å²) in [5.41, 5.74) is 1.05. The Balaban J connectivity index is 1.92. The predicted octanol–water partition coefficient (Wildman–Crippen LogP) is 2.89. The van der Waals surface area contributed by atoms with E-state index < -0.39 is 0 Å². The summed E-state index contributed by atoms with van der Waals surface area (Å²) in [7, 11) is 0. The maximum atomic E-state index is 9.70. The van der Waals surface area contributed by atoms with Gasteiger partial charge in [0, 0.05) is 18.9 Å². The molecule has 3 rings (SSSR count). The number of rotatable bonds is 1. The quantitative estimate of drug-likeness (QED) is 0.837. The molecule has 0 amide bonds. The second kappa shape index (κ2) is 4.62. The van der Waals surface area contributed by atoms with Crippen molar-refractivity contribution in [2.75, 3.05) is 0 Å². The molecule has 4 heteroatoms. The Kier molecular flexibility index (Phi) is 3.14. The maximum absolute atomic E-state index is 9.70. The summed E-state index contributed by atoms with van der Waals surface area (Å²) >= 11 is 6.20. The van der Waals surface area contributed by atoms with Crippen molar-refractivity contribution in [3.63, 3.8) is 0 Å². The van der Waals surface area contributed by atoms with Gasteiger partial charge in [-0.3, -0.25) is 0 Å². The minimum atomic E-state index is -0.240. The number of aromatic nitrogens is 2. The lowest BCUT2D eigenvalue weighted by Crippen LogP contribution is -2.25. The summed E-state index contributed by atoms with van der Waals surface area (Å²) in [5.74, 6) is 1.77. The van der Waals surface area contributed by atoms with Crippen molar-refractivity contribution in [3.05, 3.63) is 16.7 Å². The fourth-order valence-corrected chi connectivity index (χ4v) is 3.46. The molecule has 0 bridgehead atoms. The summed E-state index contributed by atoms with van der Waals surface area (Å²) in [4.78, 5) is 4.57. The molecule has 1 N–H and O–H groups in total. The molecule has 17 heavy (non-hydrogen) atoms. The molecule has 0 saturated heterocycles. The molecular formula is C13H19ClN2O. The second-order valence-corrected chi connectivity index (χ2v) is 5.70. The van der Waals surface area contributed by atoms with Crippen LogP contribution in [0.5, 0.6) is 0 Å². The maximum Gasteiger partial charge on any atom is 0.150 e. The van der Waals surface area contributed by atoms with Crippen molar-refractivity contribution < 1.29 is 5.11 Å². The van der Waals surface area contributed by atoms with Gasteiger partial charge in [0.05, 0.1) is 11.8 Å². The molecule has 1 aliphatic carbocycles. The van der Waals surface area contributed by atoms with Crippen molar-refractivity contribution in [2.45, 2.75) is 63.5 Å². The van der Waals surface area contributed by atoms with Gasteiger partial charge in [0.2, 0.25) is 0 Å². The van der Waals surface area contributed by atoms with Crippen molar-refractivity contribution in [3.8, 4) is 0 Å². The number of hydrogen-bond donors (Lipinski definition) is 1. The average Bonchev–Trinajstić information content (AvgIpc) is 2.68. The van der Waals surface area contributed by atoms with Crippen molar-refractivity contribution in [2.24, 2.45) is 0 Å². The fraction of sp³-hybridized carbons (Fsp3) is 0.769. The van der Waals surface area contributed by atoms with Crippen LogP contribution in [-0.4, -0.2) is 20.8 Å². The van der Waals surface area contributed by atoms with E-state index in [1.165, 1.54) is 37.9 Å². The Morgan fingerprint density at radius 3 is 2.71 bits per heavy atom. The molecule has 1 fully saturated rings. The highest BCUT2D eigenvalue weighted by molar-refractivity contribution is 6.30. The monoisotopic (exact) mass is 254 g/mol. The van der Waals surface area contributed by atoms with Gasteiger partial charge in [-0.2, -0.15) is 0 Å².